The smallest absolute Gasteiger partial charge is 0.243 e. The van der Waals surface area contributed by atoms with E-state index in [0.29, 0.717) is 12.6 Å². The van der Waals surface area contributed by atoms with Gasteiger partial charge >= 0.3 is 0 Å². The molecule has 84 valence electrons. The molecule has 0 aliphatic heterocycles. The van der Waals surface area contributed by atoms with E-state index in [2.05, 4.69) is 6.58 Å². The molecule has 3 nitrogen and oxygen atoms in total. The summed E-state index contributed by atoms with van der Waals surface area (Å²) in [7, 11) is 0. The molecule has 3 heteroatoms. The third kappa shape index (κ3) is 2.07. The Labute approximate surface area is 91.3 Å². The maximum Gasteiger partial charge on any atom is 0.243 e. The lowest BCUT2D eigenvalue weighted by molar-refractivity contribution is -0.135. The highest BCUT2D eigenvalue weighted by Gasteiger charge is 2.49. The molecule has 2 saturated carbocycles. The van der Waals surface area contributed by atoms with E-state index in [1.165, 1.54) is 12.8 Å². The van der Waals surface area contributed by atoms with Gasteiger partial charge in [0, 0.05) is 12.6 Å². The molecule has 2 rings (SSSR count). The van der Waals surface area contributed by atoms with E-state index in [1.54, 1.807) is 0 Å². The van der Waals surface area contributed by atoms with Crippen LogP contribution in [0, 0.1) is 0 Å². The molecule has 0 aromatic carbocycles. The fraction of sp³-hybridized carbons (Fsp3) is 0.750. The minimum atomic E-state index is -0.522. The van der Waals surface area contributed by atoms with Crippen molar-refractivity contribution in [1.82, 2.24) is 4.90 Å². The molecule has 0 bridgehead atoms. The van der Waals surface area contributed by atoms with E-state index < -0.39 is 5.54 Å². The minimum absolute atomic E-state index is 0.148. The number of hydrogen-bond acceptors (Lipinski definition) is 2. The van der Waals surface area contributed by atoms with Gasteiger partial charge < -0.3 is 10.6 Å². The van der Waals surface area contributed by atoms with Crippen molar-refractivity contribution in [2.75, 3.05) is 6.54 Å². The largest absolute Gasteiger partial charge is 0.334 e. The molecule has 0 saturated heterocycles. The quantitative estimate of drug-likeness (QED) is 0.710. The molecule has 0 aromatic rings. The van der Waals surface area contributed by atoms with Gasteiger partial charge in [-0.3, -0.25) is 4.79 Å². The van der Waals surface area contributed by atoms with Gasteiger partial charge in [-0.15, -0.1) is 6.58 Å². The molecule has 15 heavy (non-hydrogen) atoms. The van der Waals surface area contributed by atoms with Crippen LogP contribution < -0.4 is 5.73 Å². The van der Waals surface area contributed by atoms with E-state index in [1.807, 2.05) is 11.0 Å². The topological polar surface area (TPSA) is 46.3 Å². The van der Waals surface area contributed by atoms with Crippen molar-refractivity contribution in [3.8, 4) is 0 Å². The second-order valence-corrected chi connectivity index (χ2v) is 4.84. The maximum absolute atomic E-state index is 12.2. The van der Waals surface area contributed by atoms with Crippen LogP contribution in [0.2, 0.25) is 0 Å². The van der Waals surface area contributed by atoms with Gasteiger partial charge in [-0.25, -0.2) is 0 Å². The number of nitrogens with zero attached hydrogens (tertiary/aromatic N) is 1. The lowest BCUT2D eigenvalue weighted by atomic mass is 10.1. The van der Waals surface area contributed by atoms with Crippen LogP contribution in [-0.4, -0.2) is 28.9 Å². The molecule has 0 atom stereocenters. The highest BCUT2D eigenvalue weighted by atomic mass is 16.2. The van der Waals surface area contributed by atoms with Crippen molar-refractivity contribution < 1.29 is 4.79 Å². The van der Waals surface area contributed by atoms with E-state index in [9.17, 15) is 4.79 Å². The first-order valence-corrected chi connectivity index (χ1v) is 5.88. The second kappa shape index (κ2) is 3.97. The summed E-state index contributed by atoms with van der Waals surface area (Å²) in [6, 6.07) is 0.413. The van der Waals surface area contributed by atoms with Crippen LogP contribution in [0.25, 0.3) is 0 Å². The Hall–Kier alpha value is -0.830. The Morgan fingerprint density at radius 2 is 2.07 bits per heavy atom. The normalized spacial score (nSPS) is 23.8. The molecule has 0 spiro atoms. The first-order valence-electron chi connectivity index (χ1n) is 5.88. The molecular formula is C12H20N2O. The lowest BCUT2D eigenvalue weighted by Gasteiger charge is -2.30. The standard InChI is InChI=1S/C12H20N2O/c1-2-9-14(10-5-3-4-6-10)11(15)12(13)7-8-12/h2,10H,1,3-9,13H2. The van der Waals surface area contributed by atoms with Gasteiger partial charge in [0.15, 0.2) is 0 Å². The van der Waals surface area contributed by atoms with Crippen molar-refractivity contribution in [3.05, 3.63) is 12.7 Å². The number of rotatable bonds is 4. The minimum Gasteiger partial charge on any atom is -0.334 e. The predicted molar refractivity (Wildman–Crippen MR) is 60.3 cm³/mol. The van der Waals surface area contributed by atoms with Crippen LogP contribution in [0.3, 0.4) is 0 Å². The summed E-state index contributed by atoms with van der Waals surface area (Å²) in [5.74, 6) is 0.148. The molecule has 0 aromatic heterocycles. The first kappa shape index (κ1) is 10.7. The Morgan fingerprint density at radius 3 is 2.53 bits per heavy atom. The predicted octanol–water partition coefficient (Wildman–Crippen LogP) is 1.43. The van der Waals surface area contributed by atoms with Crippen molar-refractivity contribution in [1.29, 1.82) is 0 Å². The highest BCUT2D eigenvalue weighted by Crippen LogP contribution is 2.36. The molecule has 2 aliphatic carbocycles. The average Bonchev–Trinajstić information content (AvgIpc) is 2.80. The van der Waals surface area contributed by atoms with E-state index in [4.69, 9.17) is 5.73 Å². The highest BCUT2D eigenvalue weighted by molar-refractivity contribution is 5.89. The van der Waals surface area contributed by atoms with Crippen molar-refractivity contribution in [3.63, 3.8) is 0 Å². The zero-order valence-electron chi connectivity index (χ0n) is 9.24. The summed E-state index contributed by atoms with van der Waals surface area (Å²) >= 11 is 0. The SMILES string of the molecule is C=CCN(C(=O)C1(N)CC1)C1CCCC1. The van der Waals surface area contributed by atoms with Crippen LogP contribution in [0.15, 0.2) is 12.7 Å². The van der Waals surface area contributed by atoms with Crippen molar-refractivity contribution in [2.24, 2.45) is 5.73 Å². The zero-order chi connectivity index (χ0) is 10.9. The third-order valence-corrected chi connectivity index (χ3v) is 3.57. The summed E-state index contributed by atoms with van der Waals surface area (Å²) in [5, 5.41) is 0. The molecule has 1 amide bonds. The second-order valence-electron chi connectivity index (χ2n) is 4.84. The average molecular weight is 208 g/mol. The van der Waals surface area contributed by atoms with Gasteiger partial charge in [0.2, 0.25) is 5.91 Å². The Morgan fingerprint density at radius 1 is 1.47 bits per heavy atom. The molecule has 0 heterocycles. The van der Waals surface area contributed by atoms with Gasteiger partial charge in [0.05, 0.1) is 5.54 Å². The van der Waals surface area contributed by atoms with Crippen LogP contribution in [0.5, 0.6) is 0 Å². The summed E-state index contributed by atoms with van der Waals surface area (Å²) < 4.78 is 0. The van der Waals surface area contributed by atoms with Crippen molar-refractivity contribution >= 4 is 5.91 Å². The van der Waals surface area contributed by atoms with Gasteiger partial charge in [-0.05, 0) is 25.7 Å². The molecule has 2 aliphatic rings. The molecule has 0 unspecified atom stereocenters. The Balaban J connectivity index is 2.04. The van der Waals surface area contributed by atoms with Crippen LogP contribution >= 0.6 is 0 Å². The maximum atomic E-state index is 12.2. The molecule has 2 N–H and O–H groups in total. The fourth-order valence-corrected chi connectivity index (χ4v) is 2.39. The van der Waals surface area contributed by atoms with Crippen molar-refractivity contribution in [2.45, 2.75) is 50.1 Å². The van der Waals surface area contributed by atoms with Gasteiger partial charge in [-0.2, -0.15) is 0 Å². The lowest BCUT2D eigenvalue weighted by Crippen LogP contribution is -2.49. The Kier molecular flexibility index (Phi) is 2.83. The van der Waals surface area contributed by atoms with Crippen LogP contribution in [0.1, 0.15) is 38.5 Å². The zero-order valence-corrected chi connectivity index (χ0v) is 9.24. The monoisotopic (exact) mass is 208 g/mol. The molecule has 2 fully saturated rings. The summed E-state index contributed by atoms with van der Waals surface area (Å²) in [5.41, 5.74) is 5.44. The summed E-state index contributed by atoms with van der Waals surface area (Å²) in [6.45, 7) is 4.38. The number of hydrogen-bond donors (Lipinski definition) is 1. The molecular weight excluding hydrogens is 188 g/mol. The number of carbonyl (C=O) groups is 1. The van der Waals surface area contributed by atoms with Gasteiger partial charge in [0.25, 0.3) is 0 Å². The number of nitrogens with two attached hydrogens (primary N) is 1. The molecule has 0 radical (unpaired) electrons. The fourth-order valence-electron chi connectivity index (χ4n) is 2.39. The van der Waals surface area contributed by atoms with Gasteiger partial charge in [0.1, 0.15) is 0 Å². The van der Waals surface area contributed by atoms with E-state index in [0.717, 1.165) is 25.7 Å². The Bertz CT molecular complexity index is 265. The third-order valence-electron chi connectivity index (χ3n) is 3.57. The van der Waals surface area contributed by atoms with E-state index >= 15 is 0 Å². The summed E-state index contributed by atoms with van der Waals surface area (Å²) in [4.78, 5) is 14.1. The van der Waals surface area contributed by atoms with Gasteiger partial charge in [-0.1, -0.05) is 18.9 Å². The van der Waals surface area contributed by atoms with Crippen LogP contribution in [-0.2, 0) is 4.79 Å². The number of amides is 1. The van der Waals surface area contributed by atoms with E-state index in [-0.39, 0.29) is 5.91 Å². The van der Waals surface area contributed by atoms with Crippen LogP contribution in [0.4, 0.5) is 0 Å². The number of carbonyl (C=O) groups excluding carboxylic acids is 1. The first-order chi connectivity index (χ1) is 7.17. The summed E-state index contributed by atoms with van der Waals surface area (Å²) in [6.07, 6.45) is 8.26.